The van der Waals surface area contributed by atoms with Gasteiger partial charge in [-0.15, -0.1) is 0 Å². The summed E-state index contributed by atoms with van der Waals surface area (Å²) in [5.41, 5.74) is 5.45. The number of likely N-dealkylation sites (tertiary alicyclic amines) is 1. The number of fused-ring (bicyclic) bond motifs is 1. The second-order valence-electron chi connectivity index (χ2n) is 15.7. The summed E-state index contributed by atoms with van der Waals surface area (Å²) in [7, 11) is 3.23. The van der Waals surface area contributed by atoms with Crippen LogP contribution in [-0.2, 0) is 27.3 Å². The van der Waals surface area contributed by atoms with E-state index in [1.165, 1.54) is 19.2 Å². The number of phenolic OH excluding ortho intramolecular Hbond substituents is 1. The number of nitrogens with zero attached hydrogens (tertiary/aromatic N) is 2. The number of hydrogen-bond donors (Lipinski definition) is 6. The second kappa shape index (κ2) is 22.3. The molecule has 0 radical (unpaired) electrons. The number of benzene rings is 5. The third kappa shape index (κ3) is 12.3. The largest absolute Gasteiger partial charge is 0.506 e. The molecule has 0 bridgehead atoms. The highest BCUT2D eigenvalue weighted by Gasteiger charge is 2.24. The molecule has 15 heteroatoms. The number of ether oxygens (including phenoxy) is 2. The Morgan fingerprint density at radius 2 is 1.66 bits per heavy atom. The first-order chi connectivity index (χ1) is 30.9. The second-order valence-corrected chi connectivity index (χ2v) is 16.1. The zero-order valence-electron chi connectivity index (χ0n) is 35.6. The zero-order chi connectivity index (χ0) is 45.2. The highest BCUT2D eigenvalue weighted by molar-refractivity contribution is 6.33. The van der Waals surface area contributed by atoms with Crippen LogP contribution >= 0.6 is 11.6 Å². The molecule has 1 aliphatic rings. The van der Waals surface area contributed by atoms with Crippen LogP contribution in [0.3, 0.4) is 0 Å². The maximum absolute atomic E-state index is 13.3. The molecule has 6 N–H and O–H groups in total. The molecule has 1 aliphatic heterocycles. The molecule has 7 rings (SSSR count). The minimum absolute atomic E-state index is 0. The number of carbonyl (C=O) groups is 3. The molecule has 3 amide bonds. The number of nitrogens with one attached hydrogen (secondary N) is 4. The predicted octanol–water partition coefficient (Wildman–Crippen LogP) is 8.27. The van der Waals surface area contributed by atoms with Crippen LogP contribution in [0.4, 0.5) is 21.9 Å². The number of aromatic hydroxyl groups is 1. The van der Waals surface area contributed by atoms with E-state index >= 15 is 0 Å². The number of amides is 3. The van der Waals surface area contributed by atoms with Crippen LogP contribution in [0.15, 0.2) is 120 Å². The third-order valence-electron chi connectivity index (χ3n) is 11.3. The smallest absolute Gasteiger partial charge is 0.411 e. The van der Waals surface area contributed by atoms with Gasteiger partial charge in [-0.1, -0.05) is 85.8 Å². The summed E-state index contributed by atoms with van der Waals surface area (Å²) in [6.45, 7) is 2.38. The van der Waals surface area contributed by atoms with E-state index in [-0.39, 0.29) is 61.7 Å². The molecule has 1 fully saturated rings. The topological polar surface area (TPSA) is 186 Å². The molecule has 14 nitrogen and oxygen atoms in total. The fourth-order valence-electron chi connectivity index (χ4n) is 7.84. The Hall–Kier alpha value is -6.71. The first-order valence-corrected chi connectivity index (χ1v) is 21.4. The van der Waals surface area contributed by atoms with Crippen molar-refractivity contribution in [1.82, 2.24) is 15.2 Å². The van der Waals surface area contributed by atoms with E-state index in [2.05, 4.69) is 25.8 Å². The summed E-state index contributed by atoms with van der Waals surface area (Å²) in [5, 5.41) is 30.9. The number of halogens is 1. The van der Waals surface area contributed by atoms with Gasteiger partial charge in [-0.3, -0.25) is 19.7 Å². The molecule has 5 aromatic carbocycles. The van der Waals surface area contributed by atoms with Crippen molar-refractivity contribution >= 4 is 57.5 Å². The van der Waals surface area contributed by atoms with Crippen LogP contribution in [0.25, 0.3) is 22.0 Å². The number of rotatable bonds is 16. The SMILES string of the molecule is C.COc1cc(NC(=O)Cc2cccc(N(C)C(=O)CCN3CCC(OC(=O)Nc4ccccc4-c4ccccc4)CC3)c2)c(Cl)cc1CNC[C@H](O)c1ccc(O)c2[nH]c(=O)ccc12. The van der Waals surface area contributed by atoms with Crippen LogP contribution in [0.2, 0.25) is 5.02 Å². The molecule has 0 unspecified atom stereocenters. The van der Waals surface area contributed by atoms with Gasteiger partial charge in [0.1, 0.15) is 17.6 Å². The van der Waals surface area contributed by atoms with Crippen molar-refractivity contribution in [2.24, 2.45) is 0 Å². The standard InChI is InChI=1S/C49H51ClN6O8.CH4/c1-55(47(61)21-24-56-22-19-35(20-23-56)64-49(62)53-40-14-7-6-13-36(40)32-10-4-3-5-11-32)34-12-8-9-31(25-34)26-46(60)52-41-28-44(63-2)33(27-39(41)50)29-51-30-43(58)37-15-17-42(57)48-38(37)16-18-45(59)54-48;/h3-18,25,27-28,35,43,51,57-58H,19-24,26,29-30H2,1-2H3,(H,52,60)(H,53,62)(H,54,59);1H4/t43-;/m0./s1. The average molecular weight is 903 g/mol. The number of H-pyrrole nitrogens is 1. The molecule has 1 aromatic heterocycles. The summed E-state index contributed by atoms with van der Waals surface area (Å²) < 4.78 is 11.4. The van der Waals surface area contributed by atoms with Crippen LogP contribution in [-0.4, -0.2) is 84.4 Å². The number of carbonyl (C=O) groups excluding carboxylic acids is 3. The van der Waals surface area contributed by atoms with Gasteiger partial charge < -0.3 is 45.1 Å². The Bertz CT molecular complexity index is 2670. The summed E-state index contributed by atoms with van der Waals surface area (Å²) in [4.78, 5) is 57.6. The van der Waals surface area contributed by atoms with Gasteiger partial charge in [0, 0.05) is 80.5 Å². The number of aliphatic hydroxyl groups is 1. The number of para-hydroxylation sites is 1. The van der Waals surface area contributed by atoms with Crippen molar-refractivity contribution in [1.29, 1.82) is 0 Å². The highest BCUT2D eigenvalue weighted by atomic mass is 35.5. The van der Waals surface area contributed by atoms with Crippen LogP contribution in [0.1, 0.15) is 49.5 Å². The number of pyridine rings is 1. The Morgan fingerprint density at radius 3 is 2.43 bits per heavy atom. The van der Waals surface area contributed by atoms with Crippen molar-refractivity contribution in [3.63, 3.8) is 0 Å². The minimum Gasteiger partial charge on any atom is -0.506 e. The van der Waals surface area contributed by atoms with Gasteiger partial charge in [-0.2, -0.15) is 0 Å². The molecule has 0 saturated carbocycles. The minimum atomic E-state index is -0.959. The molecule has 2 heterocycles. The van der Waals surface area contributed by atoms with Crippen molar-refractivity contribution in [3.05, 3.63) is 147 Å². The van der Waals surface area contributed by atoms with Gasteiger partial charge in [-0.25, -0.2) is 4.79 Å². The van der Waals surface area contributed by atoms with Gasteiger partial charge in [0.05, 0.1) is 41.5 Å². The monoisotopic (exact) mass is 902 g/mol. The summed E-state index contributed by atoms with van der Waals surface area (Å²) >= 11 is 6.63. The Kier molecular flexibility index (Phi) is 16.4. The van der Waals surface area contributed by atoms with E-state index in [1.807, 2.05) is 78.9 Å². The lowest BCUT2D eigenvalue weighted by atomic mass is 10.0. The summed E-state index contributed by atoms with van der Waals surface area (Å²) in [6, 6.07) is 34.0. The predicted molar refractivity (Wildman–Crippen MR) is 256 cm³/mol. The number of aromatic amines is 1. The zero-order valence-corrected chi connectivity index (χ0v) is 36.4. The molecular formula is C50H55ClN6O8. The van der Waals surface area contributed by atoms with E-state index in [4.69, 9.17) is 21.1 Å². The Morgan fingerprint density at radius 1 is 0.908 bits per heavy atom. The normalized spacial score (nSPS) is 13.4. The highest BCUT2D eigenvalue weighted by Crippen LogP contribution is 2.33. The Balaban J connectivity index is 0.00000700. The molecule has 1 saturated heterocycles. The number of hydrogen-bond acceptors (Lipinski definition) is 10. The van der Waals surface area contributed by atoms with E-state index in [0.717, 1.165) is 11.1 Å². The van der Waals surface area contributed by atoms with Gasteiger partial charge in [0.25, 0.3) is 0 Å². The third-order valence-corrected chi connectivity index (χ3v) is 11.6. The molecule has 6 aromatic rings. The van der Waals surface area contributed by atoms with Crippen molar-refractivity contribution in [2.75, 3.05) is 55.9 Å². The number of aliphatic hydroxyl groups excluding tert-OH is 1. The molecular weight excluding hydrogens is 848 g/mol. The van der Waals surface area contributed by atoms with Gasteiger partial charge in [0.2, 0.25) is 17.4 Å². The molecule has 1 atom stereocenters. The van der Waals surface area contributed by atoms with Gasteiger partial charge >= 0.3 is 6.09 Å². The first kappa shape index (κ1) is 47.8. The molecule has 65 heavy (non-hydrogen) atoms. The van der Waals surface area contributed by atoms with E-state index < -0.39 is 12.2 Å². The lowest BCUT2D eigenvalue weighted by molar-refractivity contribution is -0.118. The molecule has 340 valence electrons. The number of methoxy groups -OCH3 is 1. The van der Waals surface area contributed by atoms with Crippen molar-refractivity contribution in [3.8, 4) is 22.6 Å². The van der Waals surface area contributed by atoms with Gasteiger partial charge in [0.15, 0.2) is 0 Å². The van der Waals surface area contributed by atoms with Crippen LogP contribution in [0, 0.1) is 0 Å². The lowest BCUT2D eigenvalue weighted by Gasteiger charge is -2.31. The quantitative estimate of drug-likeness (QED) is 0.0553. The number of piperidine rings is 1. The molecule has 0 aliphatic carbocycles. The average Bonchev–Trinajstić information content (AvgIpc) is 3.30. The van der Waals surface area contributed by atoms with E-state index in [9.17, 15) is 29.4 Å². The summed E-state index contributed by atoms with van der Waals surface area (Å²) in [6.07, 6.45) is -0.00133. The number of aromatic nitrogens is 1. The van der Waals surface area contributed by atoms with Crippen LogP contribution < -0.4 is 31.1 Å². The van der Waals surface area contributed by atoms with Crippen LogP contribution in [0.5, 0.6) is 11.5 Å². The Labute approximate surface area is 383 Å². The van der Waals surface area contributed by atoms with Gasteiger partial charge in [-0.05, 0) is 65.9 Å². The number of phenols is 1. The maximum Gasteiger partial charge on any atom is 0.411 e. The van der Waals surface area contributed by atoms with Crippen molar-refractivity contribution in [2.45, 2.75) is 51.9 Å². The summed E-state index contributed by atoms with van der Waals surface area (Å²) in [5.74, 6) is 0.00348. The molecule has 0 spiro atoms. The fraction of sp³-hybridized carbons (Fsp3) is 0.280. The van der Waals surface area contributed by atoms with E-state index in [1.54, 1.807) is 36.2 Å². The maximum atomic E-state index is 13.3. The first-order valence-electron chi connectivity index (χ1n) is 21.1. The lowest BCUT2D eigenvalue weighted by Crippen LogP contribution is -2.40. The fourth-order valence-corrected chi connectivity index (χ4v) is 8.08. The van der Waals surface area contributed by atoms with Crippen molar-refractivity contribution < 1.29 is 34.1 Å². The van der Waals surface area contributed by atoms with E-state index in [0.29, 0.717) is 88.8 Å². The number of anilines is 3.